The summed E-state index contributed by atoms with van der Waals surface area (Å²) in [6, 6.07) is 9.94. The number of benzene rings is 1. The van der Waals surface area contributed by atoms with Gasteiger partial charge >= 0.3 is 0 Å². The van der Waals surface area contributed by atoms with Gasteiger partial charge in [0.05, 0.1) is 18.6 Å². The van der Waals surface area contributed by atoms with Gasteiger partial charge in [0.15, 0.2) is 0 Å². The molecule has 3 saturated heterocycles. The van der Waals surface area contributed by atoms with Crippen molar-refractivity contribution in [2.75, 3.05) is 60.0 Å². The van der Waals surface area contributed by atoms with Crippen LogP contribution in [0.2, 0.25) is 0 Å². The highest BCUT2D eigenvalue weighted by Gasteiger charge is 2.55. The molecule has 10 heteroatoms. The van der Waals surface area contributed by atoms with Gasteiger partial charge in [-0.1, -0.05) is 6.07 Å². The summed E-state index contributed by atoms with van der Waals surface area (Å²) in [5, 5.41) is 1.89. The summed E-state index contributed by atoms with van der Waals surface area (Å²) in [7, 11) is 3.62. The molecular weight excluding hydrogens is 480 g/mol. The molecule has 0 saturated carbocycles. The molecule has 1 atom stereocenters. The Bertz CT molecular complexity index is 1090. The van der Waals surface area contributed by atoms with Gasteiger partial charge in [-0.25, -0.2) is 0 Å². The highest BCUT2D eigenvalue weighted by molar-refractivity contribution is 7.12. The highest BCUT2D eigenvalue weighted by atomic mass is 32.1. The lowest BCUT2D eigenvalue weighted by Gasteiger charge is -2.45. The van der Waals surface area contributed by atoms with E-state index >= 15 is 0 Å². The second-order valence-electron chi connectivity index (χ2n) is 9.57. The van der Waals surface area contributed by atoms with Gasteiger partial charge in [-0.15, -0.1) is 11.3 Å². The molecule has 0 aliphatic carbocycles. The smallest absolute Gasteiger partial charge is 0.263 e. The SMILES string of the molecule is COc1ccc(C(=O)N2C(C(=O)N3CCN(C)CC3)COC23CCN(C(=O)c2cccs2)CC3)cc1. The van der Waals surface area contributed by atoms with Crippen LogP contribution in [0.25, 0.3) is 0 Å². The normalized spacial score (nSPS) is 22.2. The van der Waals surface area contributed by atoms with Gasteiger partial charge in [-0.2, -0.15) is 0 Å². The van der Waals surface area contributed by atoms with Crippen molar-refractivity contribution in [2.45, 2.75) is 24.6 Å². The van der Waals surface area contributed by atoms with Crippen LogP contribution in [0.5, 0.6) is 5.75 Å². The molecule has 36 heavy (non-hydrogen) atoms. The number of hydrogen-bond donors (Lipinski definition) is 0. The monoisotopic (exact) mass is 512 g/mol. The maximum atomic E-state index is 13.9. The van der Waals surface area contributed by atoms with E-state index in [-0.39, 0.29) is 24.3 Å². The summed E-state index contributed by atoms with van der Waals surface area (Å²) < 4.78 is 11.6. The molecule has 0 N–H and O–H groups in total. The largest absolute Gasteiger partial charge is 0.497 e. The fourth-order valence-electron chi connectivity index (χ4n) is 5.28. The number of amides is 3. The van der Waals surface area contributed by atoms with E-state index in [1.165, 1.54) is 11.3 Å². The molecule has 2 aromatic rings. The highest BCUT2D eigenvalue weighted by Crippen LogP contribution is 2.39. The molecule has 5 rings (SSSR count). The number of hydrogen-bond acceptors (Lipinski definition) is 7. The third kappa shape index (κ3) is 4.60. The average Bonchev–Trinajstić information content (AvgIpc) is 3.57. The number of piperidine rings is 1. The van der Waals surface area contributed by atoms with Crippen molar-refractivity contribution < 1.29 is 23.9 Å². The second kappa shape index (κ2) is 10.2. The van der Waals surface area contributed by atoms with Crippen LogP contribution in [0.3, 0.4) is 0 Å². The van der Waals surface area contributed by atoms with Crippen molar-refractivity contribution in [2.24, 2.45) is 0 Å². The molecule has 1 spiro atoms. The first kappa shape index (κ1) is 24.7. The minimum atomic E-state index is -0.920. The number of thiophene rings is 1. The van der Waals surface area contributed by atoms with Crippen molar-refractivity contribution in [3.05, 3.63) is 52.2 Å². The van der Waals surface area contributed by atoms with Crippen molar-refractivity contribution in [3.63, 3.8) is 0 Å². The quantitative estimate of drug-likeness (QED) is 0.623. The first-order valence-electron chi connectivity index (χ1n) is 12.3. The van der Waals surface area contributed by atoms with E-state index in [1.54, 1.807) is 36.3 Å². The Balaban J connectivity index is 1.39. The van der Waals surface area contributed by atoms with E-state index in [0.717, 1.165) is 13.1 Å². The maximum Gasteiger partial charge on any atom is 0.263 e. The zero-order chi connectivity index (χ0) is 25.3. The predicted octanol–water partition coefficient (Wildman–Crippen LogP) is 2.00. The fraction of sp³-hybridized carbons (Fsp3) is 0.500. The number of piperazine rings is 1. The van der Waals surface area contributed by atoms with E-state index in [4.69, 9.17) is 9.47 Å². The third-order valence-electron chi connectivity index (χ3n) is 7.48. The van der Waals surface area contributed by atoms with Crippen LogP contribution in [0.15, 0.2) is 41.8 Å². The number of carbonyl (C=O) groups is 3. The van der Waals surface area contributed by atoms with E-state index in [0.29, 0.717) is 55.2 Å². The molecule has 1 unspecified atom stereocenters. The molecule has 3 amide bonds. The molecule has 3 fully saturated rings. The molecular formula is C26H32N4O5S. The van der Waals surface area contributed by atoms with Crippen LogP contribution in [0, 0.1) is 0 Å². The van der Waals surface area contributed by atoms with Crippen LogP contribution in [0.1, 0.15) is 32.9 Å². The van der Waals surface area contributed by atoms with E-state index in [1.807, 2.05) is 34.4 Å². The molecule has 9 nitrogen and oxygen atoms in total. The topological polar surface area (TPSA) is 82.6 Å². The first-order valence-corrected chi connectivity index (χ1v) is 13.2. The molecule has 4 heterocycles. The van der Waals surface area contributed by atoms with Gasteiger partial charge in [0, 0.05) is 57.7 Å². The molecule has 192 valence electrons. The number of nitrogens with zero attached hydrogens (tertiary/aromatic N) is 4. The average molecular weight is 513 g/mol. The van der Waals surface area contributed by atoms with Crippen LogP contribution in [-0.4, -0.2) is 109 Å². The summed E-state index contributed by atoms with van der Waals surface area (Å²) >= 11 is 1.42. The van der Waals surface area contributed by atoms with Crippen LogP contribution >= 0.6 is 11.3 Å². The van der Waals surface area contributed by atoms with Gasteiger partial charge in [0.25, 0.3) is 11.8 Å². The summed E-state index contributed by atoms with van der Waals surface area (Å²) in [5.41, 5.74) is -0.440. The number of rotatable bonds is 4. The molecule has 1 aromatic carbocycles. The molecule has 1 aromatic heterocycles. The second-order valence-corrected chi connectivity index (χ2v) is 10.5. The Morgan fingerprint density at radius 2 is 1.64 bits per heavy atom. The van der Waals surface area contributed by atoms with E-state index < -0.39 is 11.8 Å². The van der Waals surface area contributed by atoms with Gasteiger partial charge < -0.3 is 24.2 Å². The van der Waals surface area contributed by atoms with Crippen molar-refractivity contribution >= 4 is 29.1 Å². The van der Waals surface area contributed by atoms with Gasteiger partial charge in [0.2, 0.25) is 5.91 Å². The Morgan fingerprint density at radius 3 is 2.25 bits per heavy atom. The number of ether oxygens (including phenoxy) is 2. The van der Waals surface area contributed by atoms with Gasteiger partial charge in [0.1, 0.15) is 17.5 Å². The number of likely N-dealkylation sites (tertiary alicyclic amines) is 1. The van der Waals surface area contributed by atoms with Crippen LogP contribution in [-0.2, 0) is 9.53 Å². The summed E-state index contributed by atoms with van der Waals surface area (Å²) in [6.07, 6.45) is 0.914. The molecule has 3 aliphatic rings. The molecule has 0 radical (unpaired) electrons. The van der Waals surface area contributed by atoms with Crippen LogP contribution < -0.4 is 4.74 Å². The first-order chi connectivity index (χ1) is 17.4. The summed E-state index contributed by atoms with van der Waals surface area (Å²) in [5.74, 6) is 0.347. The standard InChI is InChI=1S/C26H32N4O5S/c1-27-13-15-29(16-14-27)24(32)21-18-35-26(30(21)23(31)19-5-7-20(34-2)8-6-19)9-11-28(12-10-26)25(33)22-4-3-17-36-22/h3-8,17,21H,9-16,18H2,1-2H3. The molecule has 0 bridgehead atoms. The van der Waals surface area contributed by atoms with Crippen molar-refractivity contribution in [1.82, 2.24) is 19.6 Å². The Labute approximate surface area is 215 Å². The number of methoxy groups -OCH3 is 1. The zero-order valence-electron chi connectivity index (χ0n) is 20.7. The number of carbonyl (C=O) groups excluding carboxylic acids is 3. The molecule has 3 aliphatic heterocycles. The van der Waals surface area contributed by atoms with Crippen molar-refractivity contribution in [1.29, 1.82) is 0 Å². The third-order valence-corrected chi connectivity index (χ3v) is 8.34. The zero-order valence-corrected chi connectivity index (χ0v) is 21.5. The van der Waals surface area contributed by atoms with E-state index in [9.17, 15) is 14.4 Å². The fourth-order valence-corrected chi connectivity index (χ4v) is 5.97. The van der Waals surface area contributed by atoms with Crippen molar-refractivity contribution in [3.8, 4) is 5.75 Å². The minimum absolute atomic E-state index is 0.00376. The predicted molar refractivity (Wildman–Crippen MR) is 135 cm³/mol. The lowest BCUT2D eigenvalue weighted by atomic mass is 9.96. The summed E-state index contributed by atoms with van der Waals surface area (Å²) in [4.78, 5) is 48.7. The Hall–Kier alpha value is -2.95. The van der Waals surface area contributed by atoms with Crippen LogP contribution in [0.4, 0.5) is 0 Å². The van der Waals surface area contributed by atoms with E-state index in [2.05, 4.69) is 4.90 Å². The Morgan fingerprint density at radius 1 is 0.944 bits per heavy atom. The van der Waals surface area contributed by atoms with Gasteiger partial charge in [-0.05, 0) is 42.8 Å². The lowest BCUT2D eigenvalue weighted by molar-refractivity contribution is -0.139. The number of likely N-dealkylation sites (N-methyl/N-ethyl adjacent to an activating group) is 1. The maximum absolute atomic E-state index is 13.9. The van der Waals surface area contributed by atoms with Gasteiger partial charge in [-0.3, -0.25) is 19.3 Å². The Kier molecular flexibility index (Phi) is 7.00. The summed E-state index contributed by atoms with van der Waals surface area (Å²) in [6.45, 7) is 3.94. The minimum Gasteiger partial charge on any atom is -0.497 e. The lowest BCUT2D eigenvalue weighted by Crippen LogP contribution is -2.61.